The van der Waals surface area contributed by atoms with Crippen LogP contribution < -0.4 is 0 Å². The maximum Gasteiger partial charge on any atom is 0.207 e. The molecule has 0 radical (unpaired) electrons. The molecule has 0 aromatic heterocycles. The van der Waals surface area contributed by atoms with Gasteiger partial charge in [-0.05, 0) is 18.3 Å². The predicted octanol–water partition coefficient (Wildman–Crippen LogP) is 1.21. The molecule has 2 rings (SSSR count). The van der Waals surface area contributed by atoms with Gasteiger partial charge in [-0.15, -0.1) is 0 Å². The van der Waals surface area contributed by atoms with E-state index in [0.717, 1.165) is 12.8 Å². The number of ketones is 2. The minimum atomic E-state index is -0.524. The second-order valence-electron chi connectivity index (χ2n) is 5.02. The molecular weight excluding hydrogens is 180 g/mol. The minimum Gasteiger partial charge on any atom is -0.384 e. The van der Waals surface area contributed by atoms with Crippen molar-refractivity contribution in [3.8, 4) is 0 Å². The number of Topliss-reactive ketones (excluding diaryl/α,β-unsaturated/α-hetero) is 2. The first-order chi connectivity index (χ1) is 6.47. The molecule has 2 unspecified atom stereocenters. The van der Waals surface area contributed by atoms with Crippen molar-refractivity contribution in [3.63, 3.8) is 0 Å². The van der Waals surface area contributed by atoms with Gasteiger partial charge in [0.1, 0.15) is 0 Å². The monoisotopic (exact) mass is 196 g/mol. The third-order valence-electron chi connectivity index (χ3n) is 4.33. The average molecular weight is 196 g/mol. The Balaban J connectivity index is 2.47. The third-order valence-corrected chi connectivity index (χ3v) is 4.33. The van der Waals surface area contributed by atoms with E-state index in [1.54, 1.807) is 7.11 Å². The summed E-state index contributed by atoms with van der Waals surface area (Å²) >= 11 is 0. The van der Waals surface area contributed by atoms with Crippen LogP contribution in [0.5, 0.6) is 0 Å². The van der Waals surface area contributed by atoms with Gasteiger partial charge >= 0.3 is 0 Å². The number of hydrogen-bond donors (Lipinski definition) is 0. The van der Waals surface area contributed by atoms with Crippen LogP contribution in [0.1, 0.15) is 26.7 Å². The van der Waals surface area contributed by atoms with Crippen molar-refractivity contribution in [2.24, 2.45) is 16.7 Å². The van der Waals surface area contributed by atoms with Gasteiger partial charge in [0.25, 0.3) is 0 Å². The van der Waals surface area contributed by atoms with E-state index in [1.807, 2.05) is 13.8 Å². The van der Waals surface area contributed by atoms with E-state index in [4.69, 9.17) is 4.74 Å². The summed E-state index contributed by atoms with van der Waals surface area (Å²) < 4.78 is 5.13. The first kappa shape index (κ1) is 9.84. The van der Waals surface area contributed by atoms with Crippen molar-refractivity contribution < 1.29 is 14.3 Å². The second-order valence-corrected chi connectivity index (χ2v) is 5.02. The zero-order chi connectivity index (χ0) is 10.6. The van der Waals surface area contributed by atoms with Crippen LogP contribution in [-0.4, -0.2) is 25.3 Å². The van der Waals surface area contributed by atoms with Gasteiger partial charge in [-0.2, -0.15) is 0 Å². The molecule has 0 saturated heterocycles. The fraction of sp³-hybridized carbons (Fsp3) is 0.818. The molecule has 2 fully saturated rings. The fourth-order valence-corrected chi connectivity index (χ4v) is 3.24. The average Bonchev–Trinajstić information content (AvgIpc) is 2.43. The summed E-state index contributed by atoms with van der Waals surface area (Å²) in [4.78, 5) is 23.5. The lowest BCUT2D eigenvalue weighted by Gasteiger charge is -2.34. The van der Waals surface area contributed by atoms with Crippen molar-refractivity contribution in [2.75, 3.05) is 13.7 Å². The standard InChI is InChI=1S/C11H16O3/c1-10(2)7-4-5-11(10,6-14-3)9(13)8(7)12/h7H,4-6H2,1-3H3. The molecule has 3 heteroatoms. The van der Waals surface area contributed by atoms with E-state index in [2.05, 4.69) is 0 Å². The minimum absolute atomic E-state index is 0.0647. The van der Waals surface area contributed by atoms with E-state index < -0.39 is 5.41 Å². The summed E-state index contributed by atoms with van der Waals surface area (Å²) in [5, 5.41) is 0. The van der Waals surface area contributed by atoms with Crippen LogP contribution in [0, 0.1) is 16.7 Å². The molecule has 0 aromatic rings. The summed E-state index contributed by atoms with van der Waals surface area (Å²) in [7, 11) is 1.59. The summed E-state index contributed by atoms with van der Waals surface area (Å²) in [5.74, 6) is -0.427. The van der Waals surface area contributed by atoms with E-state index in [0.29, 0.717) is 6.61 Å². The molecule has 2 atom stereocenters. The van der Waals surface area contributed by atoms with Crippen LogP contribution in [0.4, 0.5) is 0 Å². The molecule has 0 aromatic carbocycles. The number of hydrogen-bond acceptors (Lipinski definition) is 3. The van der Waals surface area contributed by atoms with Crippen LogP contribution in [0.15, 0.2) is 0 Å². The second kappa shape index (κ2) is 2.66. The molecule has 2 bridgehead atoms. The first-order valence-corrected chi connectivity index (χ1v) is 5.05. The van der Waals surface area contributed by atoms with Gasteiger partial charge in [0.15, 0.2) is 0 Å². The molecule has 14 heavy (non-hydrogen) atoms. The van der Waals surface area contributed by atoms with Crippen LogP contribution in [0.2, 0.25) is 0 Å². The zero-order valence-corrected chi connectivity index (χ0v) is 8.92. The van der Waals surface area contributed by atoms with Gasteiger partial charge in [-0.25, -0.2) is 0 Å². The van der Waals surface area contributed by atoms with Crippen LogP contribution in [-0.2, 0) is 14.3 Å². The highest BCUT2D eigenvalue weighted by molar-refractivity contribution is 6.43. The quantitative estimate of drug-likeness (QED) is 0.623. The smallest absolute Gasteiger partial charge is 0.207 e. The Morgan fingerprint density at radius 2 is 2.07 bits per heavy atom. The normalized spacial score (nSPS) is 39.5. The Hall–Kier alpha value is -0.700. The van der Waals surface area contributed by atoms with E-state index in [1.165, 1.54) is 0 Å². The van der Waals surface area contributed by atoms with E-state index in [9.17, 15) is 9.59 Å². The number of fused-ring (bicyclic) bond motifs is 2. The summed E-state index contributed by atoms with van der Waals surface area (Å²) in [5.41, 5.74) is -0.735. The first-order valence-electron chi connectivity index (χ1n) is 5.05. The molecule has 0 heterocycles. The number of carbonyl (C=O) groups excluding carboxylic acids is 2. The molecule has 3 nitrogen and oxygen atoms in total. The lowest BCUT2D eigenvalue weighted by atomic mass is 9.69. The lowest BCUT2D eigenvalue weighted by Crippen LogP contribution is -2.41. The predicted molar refractivity (Wildman–Crippen MR) is 50.8 cm³/mol. The van der Waals surface area contributed by atoms with Crippen molar-refractivity contribution in [3.05, 3.63) is 0 Å². The molecule has 2 aliphatic carbocycles. The molecule has 0 spiro atoms. The van der Waals surface area contributed by atoms with Crippen LogP contribution in [0.25, 0.3) is 0 Å². The maximum atomic E-state index is 11.9. The van der Waals surface area contributed by atoms with Gasteiger partial charge in [-0.1, -0.05) is 13.8 Å². The van der Waals surface area contributed by atoms with Crippen molar-refractivity contribution in [1.82, 2.24) is 0 Å². The highest BCUT2D eigenvalue weighted by atomic mass is 16.5. The van der Waals surface area contributed by atoms with Crippen molar-refractivity contribution in [2.45, 2.75) is 26.7 Å². The highest BCUT2D eigenvalue weighted by Crippen LogP contribution is 2.62. The van der Waals surface area contributed by atoms with Crippen LogP contribution >= 0.6 is 0 Å². The van der Waals surface area contributed by atoms with E-state index in [-0.39, 0.29) is 22.9 Å². The zero-order valence-electron chi connectivity index (χ0n) is 8.92. The number of rotatable bonds is 2. The Bertz CT molecular complexity index is 306. The van der Waals surface area contributed by atoms with E-state index >= 15 is 0 Å². The Morgan fingerprint density at radius 1 is 1.43 bits per heavy atom. The maximum absolute atomic E-state index is 11.9. The summed E-state index contributed by atoms with van der Waals surface area (Å²) in [6.45, 7) is 4.43. The molecular formula is C11H16O3. The number of ether oxygens (including phenoxy) is 1. The van der Waals surface area contributed by atoms with Gasteiger partial charge in [0, 0.05) is 13.0 Å². The van der Waals surface area contributed by atoms with Gasteiger partial charge in [0.05, 0.1) is 12.0 Å². The Morgan fingerprint density at radius 3 is 2.50 bits per heavy atom. The Kier molecular flexibility index (Phi) is 1.87. The van der Waals surface area contributed by atoms with Crippen LogP contribution in [0.3, 0.4) is 0 Å². The van der Waals surface area contributed by atoms with Gasteiger partial charge in [0.2, 0.25) is 11.6 Å². The third kappa shape index (κ3) is 0.817. The summed E-state index contributed by atoms with van der Waals surface area (Å²) in [6.07, 6.45) is 1.66. The van der Waals surface area contributed by atoms with Gasteiger partial charge < -0.3 is 4.74 Å². The molecule has 0 amide bonds. The fourth-order valence-electron chi connectivity index (χ4n) is 3.24. The number of carbonyl (C=O) groups is 2. The highest BCUT2D eigenvalue weighted by Gasteiger charge is 2.68. The molecule has 2 aliphatic rings. The van der Waals surface area contributed by atoms with Gasteiger partial charge in [-0.3, -0.25) is 9.59 Å². The van der Waals surface area contributed by atoms with Crippen molar-refractivity contribution in [1.29, 1.82) is 0 Å². The Labute approximate surface area is 83.8 Å². The molecule has 0 N–H and O–H groups in total. The SMILES string of the molecule is COCC12CCC(C(=O)C1=O)C2(C)C. The number of methoxy groups -OCH3 is 1. The topological polar surface area (TPSA) is 43.4 Å². The van der Waals surface area contributed by atoms with Crippen molar-refractivity contribution >= 4 is 11.6 Å². The molecule has 0 aliphatic heterocycles. The summed E-state index contributed by atoms with van der Waals surface area (Å²) in [6, 6.07) is 0. The molecule has 78 valence electrons. The lowest BCUT2D eigenvalue weighted by molar-refractivity contribution is -0.143. The largest absolute Gasteiger partial charge is 0.384 e. The molecule has 2 saturated carbocycles.